The zero-order valence-corrected chi connectivity index (χ0v) is 16.7. The summed E-state index contributed by atoms with van der Waals surface area (Å²) in [6.07, 6.45) is 2.96. The van der Waals surface area contributed by atoms with Crippen LogP contribution in [0.25, 0.3) is 6.08 Å². The molecule has 0 aliphatic rings. The van der Waals surface area contributed by atoms with E-state index in [2.05, 4.69) is 26.8 Å². The average Bonchev–Trinajstić information content (AvgIpc) is 2.65. The highest BCUT2D eigenvalue weighted by molar-refractivity contribution is 9.10. The van der Waals surface area contributed by atoms with Crippen molar-refractivity contribution < 1.29 is 19.1 Å². The minimum atomic E-state index is -0.467. The van der Waals surface area contributed by atoms with Crippen molar-refractivity contribution in [2.75, 3.05) is 13.2 Å². The highest BCUT2D eigenvalue weighted by atomic mass is 79.9. The van der Waals surface area contributed by atoms with E-state index in [4.69, 9.17) is 9.47 Å². The van der Waals surface area contributed by atoms with Crippen LogP contribution in [0.5, 0.6) is 11.5 Å². The summed E-state index contributed by atoms with van der Waals surface area (Å²) in [5, 5.41) is 0. The third kappa shape index (κ3) is 7.15. The molecule has 0 aliphatic carbocycles. The lowest BCUT2D eigenvalue weighted by Crippen LogP contribution is -2.43. The number of benzene rings is 2. The number of hydrogen-bond donors (Lipinski definition) is 2. The third-order valence-corrected chi connectivity index (χ3v) is 4.01. The second kappa shape index (κ2) is 10.4. The number of aryl methyl sites for hydroxylation is 1. The van der Waals surface area contributed by atoms with Crippen molar-refractivity contribution >= 4 is 33.8 Å². The lowest BCUT2D eigenvalue weighted by Gasteiger charge is -2.09. The molecule has 0 atom stereocenters. The van der Waals surface area contributed by atoms with Gasteiger partial charge in [0.1, 0.15) is 11.5 Å². The summed E-state index contributed by atoms with van der Waals surface area (Å²) in [4.78, 5) is 23.5. The zero-order chi connectivity index (χ0) is 19.6. The third-order valence-electron chi connectivity index (χ3n) is 3.39. The average molecular weight is 433 g/mol. The molecule has 0 radical (unpaired) electrons. The highest BCUT2D eigenvalue weighted by Crippen LogP contribution is 2.25. The molecular weight excluding hydrogens is 412 g/mol. The van der Waals surface area contributed by atoms with Crippen LogP contribution in [-0.2, 0) is 9.59 Å². The number of ether oxygens (including phenoxy) is 2. The maximum absolute atomic E-state index is 11.8. The van der Waals surface area contributed by atoms with Crippen LogP contribution in [0.15, 0.2) is 53.0 Å². The van der Waals surface area contributed by atoms with Crippen molar-refractivity contribution in [2.24, 2.45) is 0 Å². The van der Waals surface area contributed by atoms with Gasteiger partial charge in [-0.15, -0.1) is 0 Å². The number of hydrazine groups is 1. The van der Waals surface area contributed by atoms with E-state index >= 15 is 0 Å². The number of carbonyl (C=O) groups excluding carboxylic acids is 2. The van der Waals surface area contributed by atoms with Crippen molar-refractivity contribution in [3.63, 3.8) is 0 Å². The van der Waals surface area contributed by atoms with Gasteiger partial charge >= 0.3 is 0 Å². The number of amides is 2. The molecule has 6 nitrogen and oxygen atoms in total. The lowest BCUT2D eigenvalue weighted by atomic mass is 10.2. The van der Waals surface area contributed by atoms with Crippen LogP contribution in [0.1, 0.15) is 18.1 Å². The monoisotopic (exact) mass is 432 g/mol. The van der Waals surface area contributed by atoms with Gasteiger partial charge in [0, 0.05) is 6.08 Å². The van der Waals surface area contributed by atoms with E-state index in [1.165, 1.54) is 6.08 Å². The Labute approximate surface area is 166 Å². The number of halogens is 1. The molecule has 2 rings (SSSR count). The van der Waals surface area contributed by atoms with Crippen LogP contribution in [0.4, 0.5) is 0 Å². The van der Waals surface area contributed by atoms with Crippen molar-refractivity contribution in [2.45, 2.75) is 13.8 Å². The van der Waals surface area contributed by atoms with E-state index in [1.807, 2.05) is 50.2 Å². The van der Waals surface area contributed by atoms with Gasteiger partial charge in [0.25, 0.3) is 11.8 Å². The molecule has 0 saturated carbocycles. The van der Waals surface area contributed by atoms with Crippen LogP contribution >= 0.6 is 15.9 Å². The molecule has 2 aromatic carbocycles. The predicted octanol–water partition coefficient (Wildman–Crippen LogP) is 3.40. The predicted molar refractivity (Wildman–Crippen MR) is 107 cm³/mol. The van der Waals surface area contributed by atoms with Gasteiger partial charge in [-0.3, -0.25) is 20.4 Å². The summed E-state index contributed by atoms with van der Waals surface area (Å²) in [6.45, 7) is 4.25. The van der Waals surface area contributed by atoms with E-state index in [1.54, 1.807) is 12.1 Å². The number of nitrogens with one attached hydrogen (secondary N) is 2. The summed E-state index contributed by atoms with van der Waals surface area (Å²) in [6, 6.07) is 12.9. The number of carbonyl (C=O) groups is 2. The molecule has 0 bridgehead atoms. The Morgan fingerprint density at radius 3 is 2.48 bits per heavy atom. The standard InChI is InChI=1S/C20H21BrN2O4/c1-3-26-16-8-5-15(6-9-16)7-11-19(24)22-23-20(25)13-27-18-10-4-14(2)12-17(18)21/h4-12H,3,13H2,1-2H3,(H,22,24)(H,23,25)/b11-7+. The molecule has 2 aromatic rings. The van der Waals surface area contributed by atoms with Crippen molar-refractivity contribution in [1.29, 1.82) is 0 Å². The van der Waals surface area contributed by atoms with Crippen molar-refractivity contribution in [1.82, 2.24) is 10.9 Å². The molecule has 0 unspecified atom stereocenters. The van der Waals surface area contributed by atoms with Crippen LogP contribution in [0.3, 0.4) is 0 Å². The molecule has 0 aromatic heterocycles. The second-order valence-corrected chi connectivity index (χ2v) is 6.45. The van der Waals surface area contributed by atoms with Crippen LogP contribution in [0.2, 0.25) is 0 Å². The van der Waals surface area contributed by atoms with E-state index in [9.17, 15) is 9.59 Å². The van der Waals surface area contributed by atoms with Gasteiger partial charge in [0.15, 0.2) is 6.61 Å². The molecule has 7 heteroatoms. The molecule has 2 amide bonds. The van der Waals surface area contributed by atoms with E-state index in [0.29, 0.717) is 12.4 Å². The van der Waals surface area contributed by atoms with Gasteiger partial charge in [-0.1, -0.05) is 18.2 Å². The first-order valence-corrected chi connectivity index (χ1v) is 9.16. The SMILES string of the molecule is CCOc1ccc(/C=C/C(=O)NNC(=O)COc2ccc(C)cc2Br)cc1. The fourth-order valence-electron chi connectivity index (χ4n) is 2.09. The zero-order valence-electron chi connectivity index (χ0n) is 15.1. The normalized spacial score (nSPS) is 10.5. The summed E-state index contributed by atoms with van der Waals surface area (Å²) >= 11 is 3.37. The maximum atomic E-state index is 11.8. The second-order valence-electron chi connectivity index (χ2n) is 5.60. The highest BCUT2D eigenvalue weighted by Gasteiger charge is 2.06. The van der Waals surface area contributed by atoms with Crippen LogP contribution < -0.4 is 20.3 Å². The Morgan fingerprint density at radius 1 is 1.07 bits per heavy atom. The quantitative estimate of drug-likeness (QED) is 0.519. The molecule has 2 N–H and O–H groups in total. The van der Waals surface area contributed by atoms with Gasteiger partial charge in [0.2, 0.25) is 0 Å². The van der Waals surface area contributed by atoms with Gasteiger partial charge < -0.3 is 9.47 Å². The fourth-order valence-corrected chi connectivity index (χ4v) is 2.70. The first kappa shape index (κ1) is 20.5. The molecule has 0 aliphatic heterocycles. The molecule has 142 valence electrons. The summed E-state index contributed by atoms with van der Waals surface area (Å²) < 4.78 is 11.5. The Kier molecular flexibility index (Phi) is 7.88. The fraction of sp³-hybridized carbons (Fsp3) is 0.200. The summed E-state index contributed by atoms with van der Waals surface area (Å²) in [5.41, 5.74) is 6.51. The maximum Gasteiger partial charge on any atom is 0.276 e. The Hall–Kier alpha value is -2.80. The lowest BCUT2D eigenvalue weighted by molar-refractivity contribution is -0.128. The number of rotatable bonds is 7. The summed E-state index contributed by atoms with van der Waals surface area (Å²) in [7, 11) is 0. The smallest absolute Gasteiger partial charge is 0.276 e. The number of hydrogen-bond acceptors (Lipinski definition) is 4. The van der Waals surface area contributed by atoms with Gasteiger partial charge in [0.05, 0.1) is 11.1 Å². The largest absolute Gasteiger partial charge is 0.494 e. The topological polar surface area (TPSA) is 76.7 Å². The molecule has 0 spiro atoms. The van der Waals surface area contributed by atoms with E-state index < -0.39 is 11.8 Å². The Bertz CT molecular complexity index is 819. The van der Waals surface area contributed by atoms with Crippen LogP contribution in [0, 0.1) is 6.92 Å². The molecule has 0 fully saturated rings. The molecule has 27 heavy (non-hydrogen) atoms. The minimum absolute atomic E-state index is 0.218. The van der Waals surface area contributed by atoms with Gasteiger partial charge in [-0.25, -0.2) is 0 Å². The van der Waals surface area contributed by atoms with E-state index in [-0.39, 0.29) is 6.61 Å². The summed E-state index contributed by atoms with van der Waals surface area (Å²) in [5.74, 6) is 0.406. The molecular formula is C20H21BrN2O4. The molecule has 0 saturated heterocycles. The first-order valence-electron chi connectivity index (χ1n) is 8.36. The van der Waals surface area contributed by atoms with Crippen molar-refractivity contribution in [3.05, 3.63) is 64.1 Å². The first-order chi connectivity index (χ1) is 13.0. The Morgan fingerprint density at radius 2 is 1.81 bits per heavy atom. The van der Waals surface area contributed by atoms with Crippen molar-refractivity contribution in [3.8, 4) is 11.5 Å². The van der Waals surface area contributed by atoms with Crippen LogP contribution in [-0.4, -0.2) is 25.0 Å². The van der Waals surface area contributed by atoms with E-state index in [0.717, 1.165) is 21.3 Å². The Balaban J connectivity index is 1.74. The van der Waals surface area contributed by atoms with Gasteiger partial charge in [-0.2, -0.15) is 0 Å². The minimum Gasteiger partial charge on any atom is -0.494 e. The van der Waals surface area contributed by atoms with Gasteiger partial charge in [-0.05, 0) is 71.2 Å². The molecule has 0 heterocycles.